The van der Waals surface area contributed by atoms with Gasteiger partial charge in [0.2, 0.25) is 5.91 Å². The molecule has 0 radical (unpaired) electrons. The minimum absolute atomic E-state index is 0.0444. The second-order valence-corrected chi connectivity index (χ2v) is 5.84. The van der Waals surface area contributed by atoms with Crippen molar-refractivity contribution in [2.45, 2.75) is 31.8 Å². The van der Waals surface area contributed by atoms with Crippen LogP contribution in [0.25, 0.3) is 0 Å². The quantitative estimate of drug-likeness (QED) is 0.931. The van der Waals surface area contributed by atoms with E-state index in [1.165, 1.54) is 0 Å². The zero-order valence-corrected chi connectivity index (χ0v) is 12.4. The minimum atomic E-state index is 0.0444. The third-order valence-electron chi connectivity index (χ3n) is 3.55. The van der Waals surface area contributed by atoms with Gasteiger partial charge in [-0.3, -0.25) is 9.69 Å². The van der Waals surface area contributed by atoms with Gasteiger partial charge in [-0.15, -0.1) is 0 Å². The van der Waals surface area contributed by atoms with Crippen LogP contribution in [0.15, 0.2) is 28.7 Å². The van der Waals surface area contributed by atoms with Gasteiger partial charge in [-0.05, 0) is 51.1 Å². The Hall–Kier alpha value is -0.870. The van der Waals surface area contributed by atoms with Crippen LogP contribution in [0.4, 0.5) is 0 Å². The van der Waals surface area contributed by atoms with Crippen molar-refractivity contribution in [1.82, 2.24) is 10.2 Å². The van der Waals surface area contributed by atoms with Crippen LogP contribution in [0.2, 0.25) is 0 Å². The van der Waals surface area contributed by atoms with Gasteiger partial charge in [0, 0.05) is 4.47 Å². The highest BCUT2D eigenvalue weighted by Crippen LogP contribution is 2.19. The molecule has 3 nitrogen and oxygen atoms in total. The van der Waals surface area contributed by atoms with Gasteiger partial charge in [0.25, 0.3) is 0 Å². The maximum absolute atomic E-state index is 12.1. The predicted octanol–water partition coefficient (Wildman–Crippen LogP) is 2.72. The molecule has 2 atom stereocenters. The van der Waals surface area contributed by atoms with Gasteiger partial charge < -0.3 is 5.32 Å². The number of carbonyl (C=O) groups excluding carboxylic acids is 1. The maximum Gasteiger partial charge on any atom is 0.237 e. The third kappa shape index (κ3) is 3.12. The van der Waals surface area contributed by atoms with E-state index in [0.717, 1.165) is 29.4 Å². The summed E-state index contributed by atoms with van der Waals surface area (Å²) in [5.74, 6) is 0.144. The number of carbonyl (C=O) groups is 1. The second-order valence-electron chi connectivity index (χ2n) is 4.92. The molecule has 0 saturated carbocycles. The first-order valence-electron chi connectivity index (χ1n) is 6.34. The molecule has 1 saturated heterocycles. The van der Waals surface area contributed by atoms with Gasteiger partial charge in [0.15, 0.2) is 0 Å². The lowest BCUT2D eigenvalue weighted by atomic mass is 10.1. The molecule has 98 valence electrons. The van der Waals surface area contributed by atoms with Crippen LogP contribution < -0.4 is 5.32 Å². The lowest BCUT2D eigenvalue weighted by Gasteiger charge is -2.22. The molecule has 2 rings (SSSR count). The summed E-state index contributed by atoms with van der Waals surface area (Å²) in [7, 11) is 2.02. The lowest BCUT2D eigenvalue weighted by molar-refractivity contribution is -0.125. The Kier molecular flexibility index (Phi) is 4.40. The standard InChI is InChI=1S/C14H19BrN2O/c1-10(11-5-7-12(15)8-6-11)16-14(18)13-4-3-9-17(13)2/h5-8,10,13H,3-4,9H2,1-2H3,(H,16,18)/t10?,13-/m0/s1. The normalized spacial score (nSPS) is 21.8. The van der Waals surface area contributed by atoms with E-state index in [0.29, 0.717) is 0 Å². The zero-order chi connectivity index (χ0) is 13.1. The summed E-state index contributed by atoms with van der Waals surface area (Å²) < 4.78 is 1.06. The van der Waals surface area contributed by atoms with Crippen molar-refractivity contribution >= 4 is 21.8 Å². The number of amides is 1. The first kappa shape index (κ1) is 13.6. The Morgan fingerprint density at radius 1 is 1.44 bits per heavy atom. The van der Waals surface area contributed by atoms with Crippen molar-refractivity contribution in [3.05, 3.63) is 34.3 Å². The number of likely N-dealkylation sites (tertiary alicyclic amines) is 1. The Labute approximate surface area is 117 Å². The molecule has 1 aromatic rings. The number of hydrogen-bond acceptors (Lipinski definition) is 2. The minimum Gasteiger partial charge on any atom is -0.348 e. The highest BCUT2D eigenvalue weighted by Gasteiger charge is 2.28. The van der Waals surface area contributed by atoms with E-state index in [4.69, 9.17) is 0 Å². The third-order valence-corrected chi connectivity index (χ3v) is 4.08. The summed E-state index contributed by atoms with van der Waals surface area (Å²) in [5.41, 5.74) is 1.13. The van der Waals surface area contributed by atoms with E-state index >= 15 is 0 Å². The molecule has 1 unspecified atom stereocenters. The molecule has 1 fully saturated rings. The second kappa shape index (κ2) is 5.85. The molecule has 0 aromatic heterocycles. The molecule has 1 aliphatic heterocycles. The van der Waals surface area contributed by atoms with Crippen molar-refractivity contribution in [1.29, 1.82) is 0 Å². The molecular formula is C14H19BrN2O. The van der Waals surface area contributed by atoms with Crippen LogP contribution in [-0.4, -0.2) is 30.4 Å². The van der Waals surface area contributed by atoms with E-state index in [1.807, 2.05) is 38.2 Å². The Morgan fingerprint density at radius 2 is 2.11 bits per heavy atom. The van der Waals surface area contributed by atoms with Crippen molar-refractivity contribution in [2.75, 3.05) is 13.6 Å². The summed E-state index contributed by atoms with van der Waals surface area (Å²) >= 11 is 3.41. The van der Waals surface area contributed by atoms with E-state index in [2.05, 4.69) is 26.1 Å². The zero-order valence-electron chi connectivity index (χ0n) is 10.8. The molecular weight excluding hydrogens is 292 g/mol. The van der Waals surface area contributed by atoms with Gasteiger partial charge in [-0.2, -0.15) is 0 Å². The number of halogens is 1. The number of hydrogen-bond donors (Lipinski definition) is 1. The lowest BCUT2D eigenvalue weighted by Crippen LogP contribution is -2.42. The molecule has 0 spiro atoms. The number of likely N-dealkylation sites (N-methyl/N-ethyl adjacent to an activating group) is 1. The molecule has 0 aliphatic carbocycles. The SMILES string of the molecule is CC(NC(=O)[C@@H]1CCCN1C)c1ccc(Br)cc1. The molecule has 1 amide bonds. The Bertz CT molecular complexity index is 418. The van der Waals surface area contributed by atoms with Gasteiger partial charge >= 0.3 is 0 Å². The summed E-state index contributed by atoms with van der Waals surface area (Å²) in [4.78, 5) is 14.3. The van der Waals surface area contributed by atoms with E-state index in [1.54, 1.807) is 0 Å². The average molecular weight is 311 g/mol. The molecule has 1 N–H and O–H groups in total. The maximum atomic E-state index is 12.1. The first-order valence-corrected chi connectivity index (χ1v) is 7.13. The Balaban J connectivity index is 1.96. The van der Waals surface area contributed by atoms with Crippen LogP contribution in [0.5, 0.6) is 0 Å². The predicted molar refractivity (Wildman–Crippen MR) is 76.4 cm³/mol. The Morgan fingerprint density at radius 3 is 2.67 bits per heavy atom. The van der Waals surface area contributed by atoms with E-state index < -0.39 is 0 Å². The van der Waals surface area contributed by atoms with Crippen LogP contribution in [0, 0.1) is 0 Å². The van der Waals surface area contributed by atoms with E-state index in [9.17, 15) is 4.79 Å². The van der Waals surface area contributed by atoms with Crippen LogP contribution in [-0.2, 0) is 4.79 Å². The largest absolute Gasteiger partial charge is 0.348 e. The van der Waals surface area contributed by atoms with Gasteiger partial charge in [0.05, 0.1) is 12.1 Å². The van der Waals surface area contributed by atoms with Crippen LogP contribution in [0.3, 0.4) is 0 Å². The monoisotopic (exact) mass is 310 g/mol. The van der Waals surface area contributed by atoms with Crippen molar-refractivity contribution < 1.29 is 4.79 Å². The molecule has 18 heavy (non-hydrogen) atoms. The fourth-order valence-electron chi connectivity index (χ4n) is 2.39. The fourth-order valence-corrected chi connectivity index (χ4v) is 2.65. The molecule has 1 heterocycles. The topological polar surface area (TPSA) is 32.3 Å². The summed E-state index contributed by atoms with van der Waals surface area (Å²) in [6.07, 6.45) is 2.08. The van der Waals surface area contributed by atoms with Crippen molar-refractivity contribution in [2.24, 2.45) is 0 Å². The number of rotatable bonds is 3. The fraction of sp³-hybridized carbons (Fsp3) is 0.500. The summed E-state index contributed by atoms with van der Waals surface area (Å²) in [6.45, 7) is 3.04. The van der Waals surface area contributed by atoms with Crippen LogP contribution >= 0.6 is 15.9 Å². The average Bonchev–Trinajstić information content (AvgIpc) is 2.76. The summed E-state index contributed by atoms with van der Waals surface area (Å²) in [5, 5.41) is 3.09. The van der Waals surface area contributed by atoms with Gasteiger partial charge in [-0.1, -0.05) is 28.1 Å². The van der Waals surface area contributed by atoms with Gasteiger partial charge in [-0.25, -0.2) is 0 Å². The van der Waals surface area contributed by atoms with Gasteiger partial charge in [0.1, 0.15) is 0 Å². The first-order chi connectivity index (χ1) is 8.58. The van der Waals surface area contributed by atoms with Crippen LogP contribution in [0.1, 0.15) is 31.4 Å². The number of nitrogens with one attached hydrogen (secondary N) is 1. The smallest absolute Gasteiger partial charge is 0.237 e. The van der Waals surface area contributed by atoms with Crippen molar-refractivity contribution in [3.8, 4) is 0 Å². The molecule has 4 heteroatoms. The molecule has 1 aromatic carbocycles. The molecule has 0 bridgehead atoms. The molecule has 1 aliphatic rings. The van der Waals surface area contributed by atoms with E-state index in [-0.39, 0.29) is 18.0 Å². The number of nitrogens with zero attached hydrogens (tertiary/aromatic N) is 1. The summed E-state index contributed by atoms with van der Waals surface area (Å²) in [6, 6.07) is 8.17. The highest BCUT2D eigenvalue weighted by atomic mass is 79.9. The van der Waals surface area contributed by atoms with Crippen molar-refractivity contribution in [3.63, 3.8) is 0 Å². The number of benzene rings is 1. The highest BCUT2D eigenvalue weighted by molar-refractivity contribution is 9.10.